The minimum atomic E-state index is 0.777. The van der Waals surface area contributed by atoms with E-state index < -0.39 is 0 Å². The molecule has 1 aliphatic rings. The first kappa shape index (κ1) is 12.2. The van der Waals surface area contributed by atoms with Gasteiger partial charge in [0.05, 0.1) is 6.61 Å². The second-order valence-corrected chi connectivity index (χ2v) is 5.37. The molecule has 1 aliphatic heterocycles. The van der Waals surface area contributed by atoms with Gasteiger partial charge < -0.3 is 4.74 Å². The molecule has 1 aromatic rings. The van der Waals surface area contributed by atoms with Crippen molar-refractivity contribution in [2.45, 2.75) is 27.2 Å². The number of rotatable bonds is 2. The molecule has 0 radical (unpaired) electrons. The second-order valence-electron chi connectivity index (χ2n) is 4.45. The van der Waals surface area contributed by atoms with Crippen molar-refractivity contribution in [2.75, 3.05) is 6.61 Å². The number of allylic oxidation sites excluding steroid dienone is 5. The van der Waals surface area contributed by atoms with Crippen molar-refractivity contribution < 1.29 is 4.74 Å². The van der Waals surface area contributed by atoms with E-state index in [1.54, 1.807) is 11.3 Å². The van der Waals surface area contributed by atoms with Gasteiger partial charge in [0.15, 0.2) is 0 Å². The second kappa shape index (κ2) is 4.92. The van der Waals surface area contributed by atoms with Gasteiger partial charge in [0.25, 0.3) is 0 Å². The first-order valence-electron chi connectivity index (χ1n) is 5.84. The molecular weight excluding hydrogens is 228 g/mol. The Bertz CT molecular complexity index is 503. The molecule has 0 amide bonds. The van der Waals surface area contributed by atoms with Crippen molar-refractivity contribution in [2.24, 2.45) is 0 Å². The SMILES string of the molecule is C=C(C)/C(C)=C/C1=C(C)OCCc2ccsc21. The quantitative estimate of drug-likeness (QED) is 0.694. The Morgan fingerprint density at radius 3 is 2.94 bits per heavy atom. The van der Waals surface area contributed by atoms with E-state index in [1.165, 1.54) is 21.6 Å². The molecule has 2 heteroatoms. The van der Waals surface area contributed by atoms with Crippen LogP contribution in [0.3, 0.4) is 0 Å². The fourth-order valence-corrected chi connectivity index (χ4v) is 2.85. The third-order valence-corrected chi connectivity index (χ3v) is 4.08. The Balaban J connectivity index is 2.50. The number of fused-ring (bicyclic) bond motifs is 1. The zero-order chi connectivity index (χ0) is 12.4. The summed E-state index contributed by atoms with van der Waals surface area (Å²) in [6, 6.07) is 2.20. The van der Waals surface area contributed by atoms with Crippen LogP contribution in [0.4, 0.5) is 0 Å². The van der Waals surface area contributed by atoms with E-state index >= 15 is 0 Å². The molecule has 17 heavy (non-hydrogen) atoms. The summed E-state index contributed by atoms with van der Waals surface area (Å²) < 4.78 is 5.75. The zero-order valence-electron chi connectivity index (χ0n) is 10.7. The molecule has 0 saturated heterocycles. The van der Waals surface area contributed by atoms with Crippen molar-refractivity contribution in [1.82, 2.24) is 0 Å². The maximum atomic E-state index is 5.75. The lowest BCUT2D eigenvalue weighted by Crippen LogP contribution is -1.92. The molecule has 1 nitrogen and oxygen atoms in total. The third kappa shape index (κ3) is 2.52. The summed E-state index contributed by atoms with van der Waals surface area (Å²) in [6.45, 7) is 10.9. The lowest BCUT2D eigenvalue weighted by atomic mass is 10.0. The summed E-state index contributed by atoms with van der Waals surface area (Å²) >= 11 is 1.79. The fourth-order valence-electron chi connectivity index (χ4n) is 1.83. The first-order valence-corrected chi connectivity index (χ1v) is 6.72. The minimum absolute atomic E-state index is 0.777. The molecule has 90 valence electrons. The number of hydrogen-bond acceptors (Lipinski definition) is 2. The zero-order valence-corrected chi connectivity index (χ0v) is 11.5. The molecule has 2 heterocycles. The van der Waals surface area contributed by atoms with Crippen LogP contribution in [-0.2, 0) is 11.2 Å². The summed E-state index contributed by atoms with van der Waals surface area (Å²) in [5, 5.41) is 2.16. The summed E-state index contributed by atoms with van der Waals surface area (Å²) in [4.78, 5) is 1.35. The molecule has 0 aliphatic carbocycles. The summed E-state index contributed by atoms with van der Waals surface area (Å²) in [6.07, 6.45) is 3.19. The van der Waals surface area contributed by atoms with Gasteiger partial charge in [-0.2, -0.15) is 0 Å². The molecule has 0 unspecified atom stereocenters. The first-order chi connectivity index (χ1) is 8.09. The van der Waals surface area contributed by atoms with Crippen LogP contribution in [0, 0.1) is 0 Å². The van der Waals surface area contributed by atoms with E-state index in [4.69, 9.17) is 4.74 Å². The number of thiophene rings is 1. The lowest BCUT2D eigenvalue weighted by Gasteiger charge is -2.07. The van der Waals surface area contributed by atoms with Crippen molar-refractivity contribution in [1.29, 1.82) is 0 Å². The van der Waals surface area contributed by atoms with Gasteiger partial charge in [0, 0.05) is 16.9 Å². The predicted molar refractivity (Wildman–Crippen MR) is 75.1 cm³/mol. The van der Waals surface area contributed by atoms with E-state index in [-0.39, 0.29) is 0 Å². The minimum Gasteiger partial charge on any atom is -0.497 e. The third-order valence-electron chi connectivity index (χ3n) is 3.09. The molecule has 0 spiro atoms. The Labute approximate surface area is 107 Å². The van der Waals surface area contributed by atoms with Crippen LogP contribution >= 0.6 is 11.3 Å². The highest BCUT2D eigenvalue weighted by atomic mass is 32.1. The lowest BCUT2D eigenvalue weighted by molar-refractivity contribution is 0.222. The van der Waals surface area contributed by atoms with E-state index in [0.717, 1.165) is 24.4 Å². The van der Waals surface area contributed by atoms with E-state index in [2.05, 4.69) is 31.0 Å². The van der Waals surface area contributed by atoms with Gasteiger partial charge in [0.2, 0.25) is 0 Å². The highest BCUT2D eigenvalue weighted by Crippen LogP contribution is 2.33. The Hall–Kier alpha value is -1.28. The topological polar surface area (TPSA) is 9.23 Å². The standard InChI is InChI=1S/C15H18OS/c1-10(2)11(3)9-14-12(4)16-7-5-13-6-8-17-15(13)14/h6,8-9H,1,5,7H2,2-4H3/b11-9+. The number of ether oxygens (including phenoxy) is 1. The molecule has 1 aromatic heterocycles. The highest BCUT2D eigenvalue weighted by molar-refractivity contribution is 7.11. The average molecular weight is 246 g/mol. The molecule has 0 saturated carbocycles. The highest BCUT2D eigenvalue weighted by Gasteiger charge is 2.15. The predicted octanol–water partition coefficient (Wildman–Crippen LogP) is 4.57. The van der Waals surface area contributed by atoms with Crippen LogP contribution < -0.4 is 0 Å². The molecule has 0 bridgehead atoms. The van der Waals surface area contributed by atoms with Crippen molar-refractivity contribution in [3.05, 3.63) is 51.4 Å². The van der Waals surface area contributed by atoms with Crippen molar-refractivity contribution in [3.63, 3.8) is 0 Å². The van der Waals surface area contributed by atoms with Crippen LogP contribution in [0.25, 0.3) is 5.57 Å². The Morgan fingerprint density at radius 2 is 2.24 bits per heavy atom. The van der Waals surface area contributed by atoms with Gasteiger partial charge in [-0.05, 0) is 49.4 Å². The van der Waals surface area contributed by atoms with Crippen LogP contribution in [0.15, 0.2) is 41.0 Å². The molecular formula is C15H18OS. The largest absolute Gasteiger partial charge is 0.497 e. The van der Waals surface area contributed by atoms with Crippen molar-refractivity contribution in [3.8, 4) is 0 Å². The van der Waals surface area contributed by atoms with Gasteiger partial charge >= 0.3 is 0 Å². The van der Waals surface area contributed by atoms with E-state index in [9.17, 15) is 0 Å². The van der Waals surface area contributed by atoms with Crippen LogP contribution in [0.1, 0.15) is 31.2 Å². The Morgan fingerprint density at radius 1 is 1.47 bits per heavy atom. The molecule has 2 rings (SSSR count). The number of hydrogen-bond donors (Lipinski definition) is 0. The summed E-state index contributed by atoms with van der Waals surface area (Å²) in [5.74, 6) is 1.02. The molecule has 0 atom stereocenters. The van der Waals surface area contributed by atoms with Gasteiger partial charge in [-0.3, -0.25) is 0 Å². The Kier molecular flexibility index (Phi) is 3.53. The maximum Gasteiger partial charge on any atom is 0.102 e. The van der Waals surface area contributed by atoms with Gasteiger partial charge in [0.1, 0.15) is 5.76 Å². The van der Waals surface area contributed by atoms with Crippen LogP contribution in [0.5, 0.6) is 0 Å². The average Bonchev–Trinajstić information content (AvgIpc) is 2.68. The molecule has 0 aromatic carbocycles. The van der Waals surface area contributed by atoms with Crippen molar-refractivity contribution >= 4 is 16.9 Å². The molecule has 0 N–H and O–H groups in total. The molecule has 0 fully saturated rings. The smallest absolute Gasteiger partial charge is 0.102 e. The summed E-state index contributed by atoms with van der Waals surface area (Å²) in [7, 11) is 0. The summed E-state index contributed by atoms with van der Waals surface area (Å²) in [5.41, 5.74) is 4.93. The van der Waals surface area contributed by atoms with Gasteiger partial charge in [-0.1, -0.05) is 12.2 Å². The van der Waals surface area contributed by atoms with Crippen LogP contribution in [-0.4, -0.2) is 6.61 Å². The fraction of sp³-hybridized carbons (Fsp3) is 0.333. The maximum absolute atomic E-state index is 5.75. The van der Waals surface area contributed by atoms with Gasteiger partial charge in [-0.25, -0.2) is 0 Å². The van der Waals surface area contributed by atoms with Gasteiger partial charge in [-0.15, -0.1) is 11.3 Å². The normalized spacial score (nSPS) is 16.3. The monoisotopic (exact) mass is 246 g/mol. The van der Waals surface area contributed by atoms with E-state index in [1.807, 2.05) is 13.8 Å². The van der Waals surface area contributed by atoms with Crippen LogP contribution in [0.2, 0.25) is 0 Å². The van der Waals surface area contributed by atoms with E-state index in [0.29, 0.717) is 0 Å².